The molecule has 4 rings (SSSR count). The number of aliphatic hydroxyl groups excluding tert-OH is 1. The lowest BCUT2D eigenvalue weighted by Crippen LogP contribution is -2.37. The molecule has 0 radical (unpaired) electrons. The van der Waals surface area contributed by atoms with E-state index in [1.54, 1.807) is 18.2 Å². The van der Waals surface area contributed by atoms with Gasteiger partial charge in [0.25, 0.3) is 5.91 Å². The van der Waals surface area contributed by atoms with Crippen molar-refractivity contribution in [2.24, 2.45) is 7.05 Å². The van der Waals surface area contributed by atoms with E-state index < -0.39 is 6.09 Å². The number of aromatic nitrogens is 2. The largest absolute Gasteiger partial charge is 0.492 e. The number of aryl methyl sites for hydroxylation is 1. The third-order valence-electron chi connectivity index (χ3n) is 6.43. The molecular formula is C28H33ClN4O5. The fourth-order valence-electron chi connectivity index (χ4n) is 4.42. The van der Waals surface area contributed by atoms with E-state index >= 15 is 0 Å². The fraction of sp³-hybridized carbons (Fsp3) is 0.393. The number of halogens is 1. The maximum Gasteiger partial charge on any atom is 0.408 e. The van der Waals surface area contributed by atoms with Crippen LogP contribution in [0, 0.1) is 0 Å². The first-order valence-electron chi connectivity index (χ1n) is 12.7. The smallest absolute Gasteiger partial charge is 0.408 e. The lowest BCUT2D eigenvalue weighted by atomic mass is 10.0. The number of nitrogens with zero attached hydrogens (tertiary/aromatic N) is 2. The summed E-state index contributed by atoms with van der Waals surface area (Å²) < 4.78 is 12.7. The van der Waals surface area contributed by atoms with E-state index in [9.17, 15) is 14.7 Å². The second kappa shape index (κ2) is 12.3. The third-order valence-corrected chi connectivity index (χ3v) is 6.72. The van der Waals surface area contributed by atoms with Crippen LogP contribution in [0.1, 0.15) is 54.5 Å². The number of nitrogens with one attached hydrogen (secondary N) is 2. The number of imidazole rings is 1. The quantitative estimate of drug-likeness (QED) is 0.331. The molecule has 2 unspecified atom stereocenters. The predicted molar refractivity (Wildman–Crippen MR) is 144 cm³/mol. The predicted octanol–water partition coefficient (Wildman–Crippen LogP) is 4.42. The maximum absolute atomic E-state index is 12.9. The Hall–Kier alpha value is -3.56. The van der Waals surface area contributed by atoms with Crippen molar-refractivity contribution in [3.63, 3.8) is 0 Å². The summed E-state index contributed by atoms with van der Waals surface area (Å²) in [6.07, 6.45) is 2.99. The number of ether oxygens (including phenoxy) is 2. The van der Waals surface area contributed by atoms with Gasteiger partial charge in [-0.3, -0.25) is 4.79 Å². The fourth-order valence-corrected chi connectivity index (χ4v) is 4.65. The van der Waals surface area contributed by atoms with Gasteiger partial charge in [-0.25, -0.2) is 9.78 Å². The van der Waals surface area contributed by atoms with E-state index in [-0.39, 0.29) is 30.7 Å². The first-order valence-corrected chi connectivity index (χ1v) is 13.1. The van der Waals surface area contributed by atoms with Crippen LogP contribution in [0.3, 0.4) is 0 Å². The third kappa shape index (κ3) is 6.46. The number of hydrogen-bond acceptors (Lipinski definition) is 6. The van der Waals surface area contributed by atoms with E-state index in [1.807, 2.05) is 55.9 Å². The molecule has 1 saturated heterocycles. The minimum atomic E-state index is -0.443. The molecule has 0 aliphatic carbocycles. The van der Waals surface area contributed by atoms with E-state index in [2.05, 4.69) is 10.6 Å². The normalized spacial score (nSPS) is 17.6. The van der Waals surface area contributed by atoms with Gasteiger partial charge in [-0.2, -0.15) is 0 Å². The molecule has 3 aromatic rings. The zero-order valence-corrected chi connectivity index (χ0v) is 22.5. The zero-order valence-electron chi connectivity index (χ0n) is 21.7. The number of carbonyl (C=O) groups is 2. The van der Waals surface area contributed by atoms with Crippen LogP contribution in [0.4, 0.5) is 4.79 Å². The Labute approximate surface area is 227 Å². The number of amides is 2. The molecule has 1 fully saturated rings. The van der Waals surface area contributed by atoms with Crippen molar-refractivity contribution < 1.29 is 24.2 Å². The van der Waals surface area contributed by atoms with Crippen molar-refractivity contribution in [1.29, 1.82) is 0 Å². The summed E-state index contributed by atoms with van der Waals surface area (Å²) in [6.45, 7) is 4.34. The highest BCUT2D eigenvalue weighted by Crippen LogP contribution is 2.28. The highest BCUT2D eigenvalue weighted by atomic mass is 35.5. The summed E-state index contributed by atoms with van der Waals surface area (Å²) in [7, 11) is 1.89. The van der Waals surface area contributed by atoms with Crippen molar-refractivity contribution in [2.45, 2.75) is 51.3 Å². The van der Waals surface area contributed by atoms with Gasteiger partial charge in [0.05, 0.1) is 17.3 Å². The molecule has 0 bridgehead atoms. The monoisotopic (exact) mass is 540 g/mol. The second-order valence-electron chi connectivity index (χ2n) is 9.41. The van der Waals surface area contributed by atoms with E-state index in [0.717, 1.165) is 29.1 Å². The molecule has 3 atom stereocenters. The van der Waals surface area contributed by atoms with E-state index in [1.165, 1.54) is 0 Å². The topological polar surface area (TPSA) is 115 Å². The number of rotatable bonds is 11. The van der Waals surface area contributed by atoms with Crippen LogP contribution in [0.15, 0.2) is 48.7 Å². The standard InChI is InChI=1S/C28H33ClN4O5/c1-4-13-37-24-10-9-20(15-22(24)29)27(35)30-21(11-12-34)14-18-5-7-19(8-6-18)23-16-33(3)26(31-23)25-17(2)38-28(36)32-25/h5-10,15-17,21,25,34H,4,11-14H2,1-3H3,(H,30,35)(H,32,36)/t17?,21-,25?/m1/s1. The van der Waals surface area contributed by atoms with Crippen LogP contribution in [-0.4, -0.2) is 52.0 Å². The highest BCUT2D eigenvalue weighted by Gasteiger charge is 2.34. The molecule has 2 amide bonds. The summed E-state index contributed by atoms with van der Waals surface area (Å²) in [6, 6.07) is 12.3. The Kier molecular flexibility index (Phi) is 8.91. The minimum absolute atomic E-state index is 0.0515. The number of hydrogen-bond donors (Lipinski definition) is 3. The number of cyclic esters (lactones) is 1. The van der Waals surface area contributed by atoms with Crippen LogP contribution in [0.5, 0.6) is 5.75 Å². The lowest BCUT2D eigenvalue weighted by molar-refractivity contribution is 0.0930. The van der Waals surface area contributed by atoms with Crippen LogP contribution in [0.25, 0.3) is 11.3 Å². The van der Waals surface area contributed by atoms with Crippen molar-refractivity contribution in [3.05, 3.63) is 70.6 Å². The zero-order chi connectivity index (χ0) is 27.2. The van der Waals surface area contributed by atoms with Crippen molar-refractivity contribution in [1.82, 2.24) is 20.2 Å². The van der Waals surface area contributed by atoms with Gasteiger partial charge in [0.1, 0.15) is 23.7 Å². The van der Waals surface area contributed by atoms with Crippen molar-refractivity contribution in [2.75, 3.05) is 13.2 Å². The Bertz CT molecular complexity index is 1280. The molecule has 0 spiro atoms. The molecule has 3 N–H and O–H groups in total. The van der Waals surface area contributed by atoms with E-state index in [4.69, 9.17) is 26.1 Å². The van der Waals surface area contributed by atoms with Gasteiger partial charge in [-0.1, -0.05) is 42.8 Å². The minimum Gasteiger partial charge on any atom is -0.492 e. The first-order chi connectivity index (χ1) is 18.3. The molecule has 9 nitrogen and oxygen atoms in total. The van der Waals surface area contributed by atoms with Crippen LogP contribution in [-0.2, 0) is 18.2 Å². The molecule has 10 heteroatoms. The number of aliphatic hydroxyl groups is 1. The molecule has 1 aliphatic rings. The summed E-state index contributed by atoms with van der Waals surface area (Å²) in [5, 5.41) is 15.8. The SMILES string of the molecule is CCCOc1ccc(C(=O)N[C@H](CCO)Cc2ccc(-c3cn(C)c(C4NC(=O)OC4C)n3)cc2)cc1Cl. The molecule has 0 saturated carbocycles. The van der Waals surface area contributed by atoms with Crippen molar-refractivity contribution >= 4 is 23.6 Å². The molecule has 2 heterocycles. The maximum atomic E-state index is 12.9. The average Bonchev–Trinajstić information content (AvgIpc) is 3.44. The number of benzene rings is 2. The van der Waals surface area contributed by atoms with Gasteiger partial charge in [0.15, 0.2) is 0 Å². The highest BCUT2D eigenvalue weighted by molar-refractivity contribution is 6.32. The van der Waals surface area contributed by atoms with Gasteiger partial charge in [0, 0.05) is 37.0 Å². The summed E-state index contributed by atoms with van der Waals surface area (Å²) in [5.41, 5.74) is 3.15. The summed E-state index contributed by atoms with van der Waals surface area (Å²) >= 11 is 6.29. The number of alkyl carbamates (subject to hydrolysis) is 1. The molecule has 202 valence electrons. The Balaban J connectivity index is 1.42. The van der Waals surface area contributed by atoms with Gasteiger partial charge in [-0.05, 0) is 49.9 Å². The second-order valence-corrected chi connectivity index (χ2v) is 9.81. The first kappa shape index (κ1) is 27.5. The molecular weight excluding hydrogens is 508 g/mol. The Morgan fingerprint density at radius 1 is 1.29 bits per heavy atom. The molecule has 2 aromatic carbocycles. The van der Waals surface area contributed by atoms with Gasteiger partial charge in [-0.15, -0.1) is 0 Å². The Morgan fingerprint density at radius 2 is 2.05 bits per heavy atom. The Morgan fingerprint density at radius 3 is 2.68 bits per heavy atom. The lowest BCUT2D eigenvalue weighted by Gasteiger charge is -2.18. The summed E-state index contributed by atoms with van der Waals surface area (Å²) in [5.74, 6) is 1.01. The van der Waals surface area contributed by atoms with Crippen LogP contribution >= 0.6 is 11.6 Å². The van der Waals surface area contributed by atoms with Crippen LogP contribution in [0.2, 0.25) is 5.02 Å². The van der Waals surface area contributed by atoms with Crippen LogP contribution < -0.4 is 15.4 Å². The van der Waals surface area contributed by atoms with E-state index in [0.29, 0.717) is 35.8 Å². The number of carbonyl (C=O) groups excluding carboxylic acids is 2. The van der Waals surface area contributed by atoms with Gasteiger partial charge >= 0.3 is 6.09 Å². The van der Waals surface area contributed by atoms with Gasteiger partial charge in [0.2, 0.25) is 0 Å². The van der Waals surface area contributed by atoms with Gasteiger partial charge < -0.3 is 29.8 Å². The van der Waals surface area contributed by atoms with Crippen molar-refractivity contribution in [3.8, 4) is 17.0 Å². The molecule has 1 aromatic heterocycles. The molecule has 38 heavy (non-hydrogen) atoms. The summed E-state index contributed by atoms with van der Waals surface area (Å²) in [4.78, 5) is 29.2. The molecule has 1 aliphatic heterocycles. The average molecular weight is 541 g/mol.